The number of methoxy groups -OCH3 is 2. The topological polar surface area (TPSA) is 68.2 Å². The van der Waals surface area contributed by atoms with Crippen LogP contribution in [0.5, 0.6) is 11.5 Å². The summed E-state index contributed by atoms with van der Waals surface area (Å²) in [6.07, 6.45) is 0.366. The van der Waals surface area contributed by atoms with Gasteiger partial charge in [-0.1, -0.05) is 48.0 Å². The predicted molar refractivity (Wildman–Crippen MR) is 120 cm³/mol. The van der Waals surface area contributed by atoms with Gasteiger partial charge in [0.1, 0.15) is 0 Å². The minimum Gasteiger partial charge on any atom is -0.493 e. The summed E-state index contributed by atoms with van der Waals surface area (Å²) < 4.78 is 38.8. The Hall–Kier alpha value is -3.03. The molecular formula is C23H21ClN2O4S. The number of nitrogens with zero attached hydrogens (tertiary/aromatic N) is 2. The molecule has 1 heterocycles. The van der Waals surface area contributed by atoms with Gasteiger partial charge in [0, 0.05) is 17.0 Å². The zero-order valence-electron chi connectivity index (χ0n) is 17.0. The van der Waals surface area contributed by atoms with E-state index in [1.54, 1.807) is 62.8 Å². The Kier molecular flexibility index (Phi) is 5.89. The smallest absolute Gasteiger partial charge is 0.279 e. The van der Waals surface area contributed by atoms with Crippen molar-refractivity contribution >= 4 is 27.3 Å². The predicted octanol–water partition coefficient (Wildman–Crippen LogP) is 4.90. The number of ether oxygens (including phenoxy) is 2. The Morgan fingerprint density at radius 3 is 2.29 bits per heavy atom. The van der Waals surface area contributed by atoms with Crippen LogP contribution >= 0.6 is 11.6 Å². The fourth-order valence-corrected chi connectivity index (χ4v) is 5.29. The molecule has 0 N–H and O–H groups in total. The molecule has 3 aromatic rings. The van der Waals surface area contributed by atoms with Crippen LogP contribution in [0, 0.1) is 0 Å². The van der Waals surface area contributed by atoms with Gasteiger partial charge in [-0.25, -0.2) is 0 Å². The van der Waals surface area contributed by atoms with Gasteiger partial charge in [-0.3, -0.25) is 0 Å². The summed E-state index contributed by atoms with van der Waals surface area (Å²) in [5.74, 6) is 1.13. The van der Waals surface area contributed by atoms with E-state index in [9.17, 15) is 8.42 Å². The molecule has 0 spiro atoms. The maximum Gasteiger partial charge on any atom is 0.279 e. The molecule has 1 aliphatic rings. The molecule has 0 fully saturated rings. The molecule has 4 rings (SSSR count). The molecule has 3 aromatic carbocycles. The molecule has 0 aliphatic carbocycles. The van der Waals surface area contributed by atoms with Gasteiger partial charge in [-0.15, -0.1) is 0 Å². The third-order valence-electron chi connectivity index (χ3n) is 5.14. The maximum atomic E-state index is 13.5. The fourth-order valence-electron chi connectivity index (χ4n) is 3.58. The number of halogens is 1. The minimum atomic E-state index is -3.89. The summed E-state index contributed by atoms with van der Waals surface area (Å²) in [7, 11) is -0.777. The Morgan fingerprint density at radius 1 is 0.935 bits per heavy atom. The van der Waals surface area contributed by atoms with Gasteiger partial charge in [0.15, 0.2) is 11.5 Å². The largest absolute Gasteiger partial charge is 0.493 e. The number of hydrogen-bond acceptors (Lipinski definition) is 5. The molecule has 160 valence electrons. The van der Waals surface area contributed by atoms with Crippen LogP contribution in [0.1, 0.15) is 23.6 Å². The van der Waals surface area contributed by atoms with E-state index < -0.39 is 16.1 Å². The number of sulfonamides is 1. The number of rotatable bonds is 6. The molecule has 0 unspecified atom stereocenters. The highest BCUT2D eigenvalue weighted by atomic mass is 35.5. The molecule has 0 radical (unpaired) electrons. The van der Waals surface area contributed by atoms with E-state index in [0.717, 1.165) is 9.98 Å². The lowest BCUT2D eigenvalue weighted by molar-refractivity contribution is 0.355. The summed E-state index contributed by atoms with van der Waals surface area (Å²) in [5.41, 5.74) is 2.06. The van der Waals surface area contributed by atoms with Crippen molar-refractivity contribution in [1.82, 2.24) is 4.41 Å². The lowest BCUT2D eigenvalue weighted by Crippen LogP contribution is -2.27. The van der Waals surface area contributed by atoms with Crippen LogP contribution in [0.15, 0.2) is 82.8 Å². The first-order valence-electron chi connectivity index (χ1n) is 9.59. The lowest BCUT2D eigenvalue weighted by Gasteiger charge is -2.24. The molecule has 1 aliphatic heterocycles. The first-order chi connectivity index (χ1) is 15.0. The molecule has 1 atom stereocenters. The van der Waals surface area contributed by atoms with Gasteiger partial charge in [0.25, 0.3) is 10.0 Å². The third-order valence-corrected chi connectivity index (χ3v) is 7.18. The van der Waals surface area contributed by atoms with Crippen LogP contribution in [0.2, 0.25) is 5.02 Å². The van der Waals surface area contributed by atoms with Crippen molar-refractivity contribution in [3.8, 4) is 11.5 Å². The van der Waals surface area contributed by atoms with Crippen LogP contribution in [0.25, 0.3) is 0 Å². The molecule has 6 nitrogen and oxygen atoms in total. The molecule has 0 saturated carbocycles. The van der Waals surface area contributed by atoms with Crippen LogP contribution < -0.4 is 9.47 Å². The second-order valence-electron chi connectivity index (χ2n) is 6.95. The van der Waals surface area contributed by atoms with E-state index in [0.29, 0.717) is 34.2 Å². The van der Waals surface area contributed by atoms with E-state index in [1.165, 1.54) is 0 Å². The van der Waals surface area contributed by atoms with E-state index in [1.807, 2.05) is 24.3 Å². The lowest BCUT2D eigenvalue weighted by atomic mass is 9.99. The summed E-state index contributed by atoms with van der Waals surface area (Å²) in [4.78, 5) is 0.171. The summed E-state index contributed by atoms with van der Waals surface area (Å²) in [5, 5.41) is 5.03. The van der Waals surface area contributed by atoms with Crippen molar-refractivity contribution in [2.75, 3.05) is 14.2 Å². The highest BCUT2D eigenvalue weighted by Crippen LogP contribution is 2.40. The van der Waals surface area contributed by atoms with Crippen molar-refractivity contribution < 1.29 is 17.9 Å². The first-order valence-corrected chi connectivity index (χ1v) is 11.4. The second-order valence-corrected chi connectivity index (χ2v) is 9.15. The monoisotopic (exact) mass is 456 g/mol. The summed E-state index contributed by atoms with van der Waals surface area (Å²) in [6.45, 7) is 0. The Labute approximate surface area is 186 Å². The average molecular weight is 457 g/mol. The first kappa shape index (κ1) is 21.2. The standard InChI is InChI=1S/C23H21ClN2O4S/c1-29-22-13-12-16(14-23(22)30-2)20-15-21(18-10-6-7-11-19(18)24)26(25-20)31(27,28)17-8-4-3-5-9-17/h3-14,21H,15H2,1-2H3/t21-/m0/s1. The quantitative estimate of drug-likeness (QED) is 0.529. The van der Waals surface area contributed by atoms with Crippen molar-refractivity contribution in [1.29, 1.82) is 0 Å². The Morgan fingerprint density at radius 2 is 1.61 bits per heavy atom. The van der Waals surface area contributed by atoms with Crippen molar-refractivity contribution in [3.05, 3.63) is 88.9 Å². The molecule has 8 heteroatoms. The normalized spacial score (nSPS) is 16.2. The number of benzene rings is 3. The van der Waals surface area contributed by atoms with Gasteiger partial charge in [-0.05, 0) is 42.0 Å². The third kappa shape index (κ3) is 3.98. The molecule has 0 amide bonds. The highest BCUT2D eigenvalue weighted by Gasteiger charge is 2.38. The van der Waals surface area contributed by atoms with E-state index in [2.05, 4.69) is 5.10 Å². The maximum absolute atomic E-state index is 13.5. The average Bonchev–Trinajstić information content (AvgIpc) is 3.25. The van der Waals surface area contributed by atoms with Gasteiger partial charge in [0.05, 0.1) is 30.9 Å². The highest BCUT2D eigenvalue weighted by molar-refractivity contribution is 7.89. The molecule has 0 saturated heterocycles. The molecular weight excluding hydrogens is 436 g/mol. The molecule has 0 bridgehead atoms. The van der Waals surface area contributed by atoms with Crippen molar-refractivity contribution in [2.45, 2.75) is 17.4 Å². The fraction of sp³-hybridized carbons (Fsp3) is 0.174. The van der Waals surface area contributed by atoms with Crippen LogP contribution in [0.3, 0.4) is 0 Å². The van der Waals surface area contributed by atoms with Crippen LogP contribution in [-0.4, -0.2) is 32.8 Å². The zero-order valence-corrected chi connectivity index (χ0v) is 18.6. The number of hydrogen-bond donors (Lipinski definition) is 0. The number of hydrazone groups is 1. The SMILES string of the molecule is COc1ccc(C2=NN(S(=O)(=O)c3ccccc3)[C@H](c3ccccc3Cl)C2)cc1OC. The van der Waals surface area contributed by atoms with Crippen molar-refractivity contribution in [3.63, 3.8) is 0 Å². The van der Waals surface area contributed by atoms with Crippen LogP contribution in [0.4, 0.5) is 0 Å². The van der Waals surface area contributed by atoms with Crippen LogP contribution in [-0.2, 0) is 10.0 Å². The zero-order chi connectivity index (χ0) is 22.0. The summed E-state index contributed by atoms with van der Waals surface area (Å²) in [6, 6.07) is 20.3. The van der Waals surface area contributed by atoms with E-state index in [-0.39, 0.29) is 4.90 Å². The van der Waals surface area contributed by atoms with Gasteiger partial charge in [0.2, 0.25) is 0 Å². The Balaban J connectivity index is 1.82. The van der Waals surface area contributed by atoms with Gasteiger partial charge >= 0.3 is 0 Å². The minimum absolute atomic E-state index is 0.171. The second kappa shape index (κ2) is 8.61. The van der Waals surface area contributed by atoms with E-state index >= 15 is 0 Å². The summed E-state index contributed by atoms with van der Waals surface area (Å²) >= 11 is 6.44. The van der Waals surface area contributed by atoms with Gasteiger partial charge < -0.3 is 9.47 Å². The van der Waals surface area contributed by atoms with E-state index in [4.69, 9.17) is 21.1 Å². The molecule has 31 heavy (non-hydrogen) atoms. The Bertz CT molecular complexity index is 1230. The molecule has 0 aromatic heterocycles. The van der Waals surface area contributed by atoms with Gasteiger partial charge in [-0.2, -0.15) is 17.9 Å². The van der Waals surface area contributed by atoms with Crippen molar-refractivity contribution in [2.24, 2.45) is 5.10 Å².